The van der Waals surface area contributed by atoms with E-state index in [2.05, 4.69) is 11.6 Å². The van der Waals surface area contributed by atoms with Gasteiger partial charge in [-0.1, -0.05) is 6.07 Å². The second kappa shape index (κ2) is 7.06. The van der Waals surface area contributed by atoms with Crippen molar-refractivity contribution in [1.82, 2.24) is 0 Å². The Bertz CT molecular complexity index is 382. The van der Waals surface area contributed by atoms with Crippen LogP contribution in [0.3, 0.4) is 0 Å². The van der Waals surface area contributed by atoms with Gasteiger partial charge in [-0.25, -0.2) is 4.79 Å². The molecule has 0 heterocycles. The molecule has 0 saturated carbocycles. The molecule has 0 radical (unpaired) electrons. The summed E-state index contributed by atoms with van der Waals surface area (Å²) in [5.74, 6) is 1.72. The first-order valence-corrected chi connectivity index (χ1v) is 6.72. The summed E-state index contributed by atoms with van der Waals surface area (Å²) in [6.07, 6.45) is 2.90. The van der Waals surface area contributed by atoms with Crippen LogP contribution < -0.4 is 10.1 Å². The van der Waals surface area contributed by atoms with Gasteiger partial charge in [-0.05, 0) is 36.5 Å². The quantitative estimate of drug-likeness (QED) is 0.767. The topological polar surface area (TPSA) is 58.6 Å². The smallest absolute Gasteiger partial charge is 0.409 e. The van der Waals surface area contributed by atoms with E-state index in [1.165, 1.54) is 0 Å². The normalized spacial score (nSPS) is 10.0. The molecule has 1 amide bonds. The third-order valence-electron chi connectivity index (χ3n) is 2.35. The van der Waals surface area contributed by atoms with E-state index in [0.29, 0.717) is 11.4 Å². The Balaban J connectivity index is 2.81. The molecule has 0 unspecified atom stereocenters. The Morgan fingerprint density at radius 3 is 2.88 bits per heavy atom. The number of amides is 1. The fourth-order valence-electron chi connectivity index (χ4n) is 1.54. The highest BCUT2D eigenvalue weighted by Crippen LogP contribution is 2.24. The monoisotopic (exact) mass is 255 g/mol. The number of hydrogen-bond donors (Lipinski definition) is 2. The first-order valence-electron chi connectivity index (χ1n) is 5.33. The van der Waals surface area contributed by atoms with Crippen molar-refractivity contribution in [3.63, 3.8) is 0 Å². The highest BCUT2D eigenvalue weighted by atomic mass is 32.2. The molecule has 17 heavy (non-hydrogen) atoms. The van der Waals surface area contributed by atoms with Gasteiger partial charge in [-0.15, -0.1) is 0 Å². The van der Waals surface area contributed by atoms with Crippen LogP contribution >= 0.6 is 11.8 Å². The zero-order chi connectivity index (χ0) is 12.7. The van der Waals surface area contributed by atoms with Crippen molar-refractivity contribution in [2.75, 3.05) is 24.4 Å². The molecule has 0 bridgehead atoms. The van der Waals surface area contributed by atoms with Crippen LogP contribution in [0, 0.1) is 0 Å². The lowest BCUT2D eigenvalue weighted by Crippen LogP contribution is -2.09. The number of aryl methyl sites for hydroxylation is 1. The molecule has 1 rings (SSSR count). The summed E-state index contributed by atoms with van der Waals surface area (Å²) in [5.41, 5.74) is 1.61. The van der Waals surface area contributed by atoms with Crippen molar-refractivity contribution in [3.8, 4) is 5.75 Å². The summed E-state index contributed by atoms with van der Waals surface area (Å²) < 4.78 is 5.08. The van der Waals surface area contributed by atoms with Crippen molar-refractivity contribution in [2.24, 2.45) is 0 Å². The summed E-state index contributed by atoms with van der Waals surface area (Å²) >= 11 is 1.79. The first kappa shape index (κ1) is 13.7. The van der Waals surface area contributed by atoms with Crippen LogP contribution in [0.15, 0.2) is 18.2 Å². The van der Waals surface area contributed by atoms with Crippen LogP contribution in [0.25, 0.3) is 0 Å². The van der Waals surface area contributed by atoms with Crippen molar-refractivity contribution >= 4 is 23.5 Å². The predicted octanol–water partition coefficient (Wildman–Crippen LogP) is 3.08. The minimum Gasteiger partial charge on any atom is -0.497 e. The van der Waals surface area contributed by atoms with Gasteiger partial charge >= 0.3 is 6.09 Å². The van der Waals surface area contributed by atoms with Crippen LogP contribution in [0.1, 0.15) is 12.0 Å². The maximum atomic E-state index is 10.7. The molecule has 4 nitrogen and oxygen atoms in total. The molecule has 94 valence electrons. The van der Waals surface area contributed by atoms with Crippen LogP contribution in [-0.2, 0) is 6.42 Å². The van der Waals surface area contributed by atoms with E-state index in [0.717, 1.165) is 24.2 Å². The summed E-state index contributed by atoms with van der Waals surface area (Å²) in [6, 6.07) is 5.47. The van der Waals surface area contributed by atoms with E-state index in [4.69, 9.17) is 9.84 Å². The molecule has 0 aliphatic heterocycles. The molecule has 1 aromatic carbocycles. The SMILES string of the molecule is COc1ccc(CCCSC)c(NC(=O)O)c1. The van der Waals surface area contributed by atoms with E-state index in [1.807, 2.05) is 12.1 Å². The molecule has 0 aromatic heterocycles. The van der Waals surface area contributed by atoms with Gasteiger partial charge < -0.3 is 9.84 Å². The fourth-order valence-corrected chi connectivity index (χ4v) is 1.97. The van der Waals surface area contributed by atoms with E-state index in [9.17, 15) is 4.79 Å². The molecule has 0 spiro atoms. The molecule has 2 N–H and O–H groups in total. The zero-order valence-corrected chi connectivity index (χ0v) is 10.8. The van der Waals surface area contributed by atoms with Crippen LogP contribution in [0.2, 0.25) is 0 Å². The van der Waals surface area contributed by atoms with Gasteiger partial charge in [-0.3, -0.25) is 5.32 Å². The average Bonchev–Trinajstić information content (AvgIpc) is 2.30. The summed E-state index contributed by atoms with van der Waals surface area (Å²) in [6.45, 7) is 0. The Morgan fingerprint density at radius 1 is 1.53 bits per heavy atom. The number of anilines is 1. The fraction of sp³-hybridized carbons (Fsp3) is 0.417. The molecule has 0 aliphatic carbocycles. The van der Waals surface area contributed by atoms with Gasteiger partial charge in [0.2, 0.25) is 0 Å². The lowest BCUT2D eigenvalue weighted by molar-refractivity contribution is 0.209. The van der Waals surface area contributed by atoms with Crippen molar-refractivity contribution in [3.05, 3.63) is 23.8 Å². The van der Waals surface area contributed by atoms with Crippen LogP contribution in [0.5, 0.6) is 5.75 Å². The standard InChI is InChI=1S/C12H17NO3S/c1-16-10-6-5-9(4-3-7-17-2)11(8-10)13-12(14)15/h5-6,8,13H,3-4,7H2,1-2H3,(H,14,15). The lowest BCUT2D eigenvalue weighted by atomic mass is 10.1. The van der Waals surface area contributed by atoms with E-state index >= 15 is 0 Å². The second-order valence-corrected chi connectivity index (χ2v) is 4.54. The molecular formula is C12H17NO3S. The number of nitrogens with one attached hydrogen (secondary N) is 1. The molecule has 0 fully saturated rings. The molecule has 1 aromatic rings. The second-order valence-electron chi connectivity index (χ2n) is 3.55. The third kappa shape index (κ3) is 4.56. The van der Waals surface area contributed by atoms with Gasteiger partial charge in [0, 0.05) is 6.07 Å². The van der Waals surface area contributed by atoms with Crippen molar-refractivity contribution in [1.29, 1.82) is 0 Å². The molecule has 0 aliphatic rings. The number of hydrogen-bond acceptors (Lipinski definition) is 3. The molecule has 5 heteroatoms. The Kier molecular flexibility index (Phi) is 5.69. The maximum absolute atomic E-state index is 10.7. The van der Waals surface area contributed by atoms with Gasteiger partial charge in [0.25, 0.3) is 0 Å². The Labute approximate surface area is 105 Å². The highest BCUT2D eigenvalue weighted by Gasteiger charge is 2.07. The summed E-state index contributed by atoms with van der Waals surface area (Å²) in [4.78, 5) is 10.7. The van der Waals surface area contributed by atoms with Gasteiger partial charge in [-0.2, -0.15) is 11.8 Å². The highest BCUT2D eigenvalue weighted by molar-refractivity contribution is 7.98. The molecule has 0 atom stereocenters. The number of methoxy groups -OCH3 is 1. The lowest BCUT2D eigenvalue weighted by Gasteiger charge is -2.10. The number of rotatable bonds is 6. The maximum Gasteiger partial charge on any atom is 0.409 e. The summed E-state index contributed by atoms with van der Waals surface area (Å²) in [5, 5.41) is 11.2. The minimum atomic E-state index is -1.05. The minimum absolute atomic E-state index is 0.609. The Hall–Kier alpha value is -1.36. The van der Waals surface area contributed by atoms with Gasteiger partial charge in [0.05, 0.1) is 12.8 Å². The number of carbonyl (C=O) groups is 1. The number of benzene rings is 1. The number of carboxylic acid groups (broad SMARTS) is 1. The summed E-state index contributed by atoms with van der Waals surface area (Å²) in [7, 11) is 1.56. The van der Waals surface area contributed by atoms with Crippen LogP contribution in [-0.4, -0.2) is 30.3 Å². The molecular weight excluding hydrogens is 238 g/mol. The number of ether oxygens (including phenoxy) is 1. The Morgan fingerprint density at radius 2 is 2.29 bits per heavy atom. The zero-order valence-electron chi connectivity index (χ0n) is 10.0. The largest absolute Gasteiger partial charge is 0.497 e. The molecule has 0 saturated heterocycles. The van der Waals surface area contributed by atoms with Crippen molar-refractivity contribution in [2.45, 2.75) is 12.8 Å². The van der Waals surface area contributed by atoms with E-state index in [1.54, 1.807) is 24.9 Å². The third-order valence-corrected chi connectivity index (χ3v) is 3.05. The van der Waals surface area contributed by atoms with E-state index < -0.39 is 6.09 Å². The first-order chi connectivity index (χ1) is 8.17. The van der Waals surface area contributed by atoms with Gasteiger partial charge in [0.15, 0.2) is 0 Å². The van der Waals surface area contributed by atoms with Crippen molar-refractivity contribution < 1.29 is 14.6 Å². The van der Waals surface area contributed by atoms with Gasteiger partial charge in [0.1, 0.15) is 5.75 Å². The number of thioether (sulfide) groups is 1. The van der Waals surface area contributed by atoms with E-state index in [-0.39, 0.29) is 0 Å². The van der Waals surface area contributed by atoms with Crippen LogP contribution in [0.4, 0.5) is 10.5 Å². The average molecular weight is 255 g/mol. The predicted molar refractivity (Wildman–Crippen MR) is 71.3 cm³/mol.